The van der Waals surface area contributed by atoms with Gasteiger partial charge in [0, 0.05) is 6.61 Å². The molecule has 0 radical (unpaired) electrons. The van der Waals surface area contributed by atoms with Gasteiger partial charge in [-0.2, -0.15) is 0 Å². The van der Waals surface area contributed by atoms with Crippen LogP contribution >= 0.6 is 0 Å². The highest BCUT2D eigenvalue weighted by molar-refractivity contribution is 6.69. The molecule has 0 aliphatic heterocycles. The molecule has 0 aliphatic rings. The summed E-state index contributed by atoms with van der Waals surface area (Å²) >= 11 is 0. The summed E-state index contributed by atoms with van der Waals surface area (Å²) in [5.74, 6) is 0.492. The molecule has 0 amide bonds. The van der Waals surface area contributed by atoms with E-state index in [4.69, 9.17) is 4.43 Å². The molecular formula is C8H18OSi. The molecule has 1 nitrogen and oxygen atoms in total. The van der Waals surface area contributed by atoms with Gasteiger partial charge in [-0.1, -0.05) is 13.0 Å². The lowest BCUT2D eigenvalue weighted by molar-refractivity contribution is 0.279. The normalized spacial score (nSPS) is 14.8. The van der Waals surface area contributed by atoms with Crippen molar-refractivity contribution >= 4 is 8.32 Å². The molecule has 0 aliphatic carbocycles. The first-order chi connectivity index (χ1) is 4.45. The van der Waals surface area contributed by atoms with E-state index < -0.39 is 8.32 Å². The highest BCUT2D eigenvalue weighted by Gasteiger charge is 2.14. The Bertz CT molecular complexity index is 104. The van der Waals surface area contributed by atoms with Crippen molar-refractivity contribution in [1.29, 1.82) is 0 Å². The molecule has 0 fully saturated rings. The fourth-order valence-corrected chi connectivity index (χ4v) is 1.21. The molecule has 10 heavy (non-hydrogen) atoms. The molecule has 0 bridgehead atoms. The fourth-order valence-electron chi connectivity index (χ4n) is 0.449. The molecule has 0 N–H and O–H groups in total. The topological polar surface area (TPSA) is 9.23 Å². The molecule has 0 spiro atoms. The van der Waals surface area contributed by atoms with E-state index in [2.05, 4.69) is 33.1 Å². The van der Waals surface area contributed by atoms with Crippen LogP contribution in [0.4, 0.5) is 0 Å². The molecule has 0 saturated carbocycles. The second kappa shape index (κ2) is 3.94. The van der Waals surface area contributed by atoms with E-state index in [1.54, 1.807) is 0 Å². The van der Waals surface area contributed by atoms with Gasteiger partial charge < -0.3 is 4.43 Å². The van der Waals surface area contributed by atoms with Crippen molar-refractivity contribution in [2.75, 3.05) is 6.61 Å². The van der Waals surface area contributed by atoms with Crippen LogP contribution in [0, 0.1) is 5.92 Å². The summed E-state index contributed by atoms with van der Waals surface area (Å²) in [6.07, 6.45) is 1.93. The second-order valence-electron chi connectivity index (χ2n) is 3.64. The van der Waals surface area contributed by atoms with E-state index in [0.29, 0.717) is 5.92 Å². The third kappa shape index (κ3) is 6.04. The minimum atomic E-state index is -1.28. The first-order valence-electron chi connectivity index (χ1n) is 3.72. The first kappa shape index (κ1) is 9.92. The van der Waals surface area contributed by atoms with Crippen molar-refractivity contribution in [3.05, 3.63) is 12.7 Å². The fraction of sp³-hybridized carbons (Fsp3) is 0.750. The Balaban J connectivity index is 3.45. The van der Waals surface area contributed by atoms with E-state index in [-0.39, 0.29) is 0 Å². The molecule has 2 heteroatoms. The van der Waals surface area contributed by atoms with Crippen molar-refractivity contribution in [1.82, 2.24) is 0 Å². The lowest BCUT2D eigenvalue weighted by Crippen LogP contribution is -2.27. The van der Waals surface area contributed by atoms with Gasteiger partial charge in [0.2, 0.25) is 0 Å². The maximum atomic E-state index is 5.65. The van der Waals surface area contributed by atoms with E-state index in [9.17, 15) is 0 Å². The minimum absolute atomic E-state index is 0.492. The Morgan fingerprint density at radius 3 is 2.30 bits per heavy atom. The maximum Gasteiger partial charge on any atom is 0.183 e. The SMILES string of the molecule is C=C[C@@H](C)CO[Si](C)(C)C. The monoisotopic (exact) mass is 158 g/mol. The van der Waals surface area contributed by atoms with Crippen molar-refractivity contribution in [2.24, 2.45) is 5.92 Å². The zero-order valence-electron chi connectivity index (χ0n) is 7.48. The second-order valence-corrected chi connectivity index (χ2v) is 8.15. The molecule has 0 heterocycles. The molecule has 0 rings (SSSR count). The molecule has 0 aromatic heterocycles. The van der Waals surface area contributed by atoms with Crippen LogP contribution < -0.4 is 0 Å². The maximum absolute atomic E-state index is 5.65. The smallest absolute Gasteiger partial charge is 0.183 e. The predicted molar refractivity (Wildman–Crippen MR) is 48.7 cm³/mol. The van der Waals surface area contributed by atoms with Gasteiger partial charge in [0.05, 0.1) is 0 Å². The van der Waals surface area contributed by atoms with Gasteiger partial charge >= 0.3 is 0 Å². The summed E-state index contributed by atoms with van der Waals surface area (Å²) in [6.45, 7) is 13.2. The summed E-state index contributed by atoms with van der Waals surface area (Å²) in [5.41, 5.74) is 0. The van der Waals surface area contributed by atoms with E-state index in [0.717, 1.165) is 6.61 Å². The quantitative estimate of drug-likeness (QED) is 0.451. The van der Waals surface area contributed by atoms with Gasteiger partial charge in [-0.15, -0.1) is 6.58 Å². The lowest BCUT2D eigenvalue weighted by Gasteiger charge is -2.18. The van der Waals surface area contributed by atoms with E-state index in [1.807, 2.05) is 6.08 Å². The highest BCUT2D eigenvalue weighted by atomic mass is 28.4. The van der Waals surface area contributed by atoms with Crippen molar-refractivity contribution in [3.63, 3.8) is 0 Å². The zero-order valence-corrected chi connectivity index (χ0v) is 8.48. The predicted octanol–water partition coefficient (Wildman–Crippen LogP) is 2.66. The van der Waals surface area contributed by atoms with Gasteiger partial charge in [-0.3, -0.25) is 0 Å². The highest BCUT2D eigenvalue weighted by Crippen LogP contribution is 2.06. The number of rotatable bonds is 4. The molecule has 1 atom stereocenters. The molecular weight excluding hydrogens is 140 g/mol. The average Bonchev–Trinajstić information content (AvgIpc) is 1.81. The van der Waals surface area contributed by atoms with Gasteiger partial charge in [0.15, 0.2) is 8.32 Å². The summed E-state index contributed by atoms with van der Waals surface area (Å²) in [7, 11) is -1.28. The lowest BCUT2D eigenvalue weighted by atomic mass is 10.2. The van der Waals surface area contributed by atoms with E-state index in [1.165, 1.54) is 0 Å². The van der Waals surface area contributed by atoms with Gasteiger partial charge in [-0.05, 0) is 25.6 Å². The summed E-state index contributed by atoms with van der Waals surface area (Å²) < 4.78 is 5.65. The van der Waals surface area contributed by atoms with Crippen LogP contribution in [0.25, 0.3) is 0 Å². The van der Waals surface area contributed by atoms with Crippen LogP contribution in [0.2, 0.25) is 19.6 Å². The zero-order chi connectivity index (χ0) is 8.20. The Hall–Kier alpha value is -0.0831. The Kier molecular flexibility index (Phi) is 3.90. The van der Waals surface area contributed by atoms with Crippen molar-refractivity contribution in [3.8, 4) is 0 Å². The summed E-state index contributed by atoms with van der Waals surface area (Å²) in [6, 6.07) is 0. The van der Waals surface area contributed by atoms with Gasteiger partial charge in [-0.25, -0.2) is 0 Å². The van der Waals surface area contributed by atoms with Gasteiger partial charge in [0.1, 0.15) is 0 Å². The molecule has 60 valence electrons. The van der Waals surface area contributed by atoms with Crippen LogP contribution in [0.15, 0.2) is 12.7 Å². The van der Waals surface area contributed by atoms with Crippen molar-refractivity contribution < 1.29 is 4.43 Å². The molecule has 0 unspecified atom stereocenters. The molecule has 0 saturated heterocycles. The third-order valence-corrected chi connectivity index (χ3v) is 2.21. The van der Waals surface area contributed by atoms with Crippen LogP contribution in [-0.4, -0.2) is 14.9 Å². The Morgan fingerprint density at radius 2 is 2.00 bits per heavy atom. The summed E-state index contributed by atoms with van der Waals surface area (Å²) in [4.78, 5) is 0. The van der Waals surface area contributed by atoms with E-state index >= 15 is 0 Å². The average molecular weight is 158 g/mol. The van der Waals surface area contributed by atoms with Crippen LogP contribution in [0.5, 0.6) is 0 Å². The minimum Gasteiger partial charge on any atom is -0.417 e. The summed E-state index contributed by atoms with van der Waals surface area (Å²) in [5, 5.41) is 0. The first-order valence-corrected chi connectivity index (χ1v) is 7.13. The molecule has 0 aromatic rings. The Morgan fingerprint density at radius 1 is 1.50 bits per heavy atom. The van der Waals surface area contributed by atoms with Crippen LogP contribution in [0.3, 0.4) is 0 Å². The number of hydrogen-bond acceptors (Lipinski definition) is 1. The standard InChI is InChI=1S/C8H18OSi/c1-6-8(2)7-9-10(3,4)5/h6,8H,1,7H2,2-5H3/t8-/m1/s1. The van der Waals surface area contributed by atoms with Crippen molar-refractivity contribution in [2.45, 2.75) is 26.6 Å². The van der Waals surface area contributed by atoms with Crippen LogP contribution in [0.1, 0.15) is 6.92 Å². The largest absolute Gasteiger partial charge is 0.417 e. The van der Waals surface area contributed by atoms with Crippen LogP contribution in [-0.2, 0) is 4.43 Å². The van der Waals surface area contributed by atoms with Gasteiger partial charge in [0.25, 0.3) is 0 Å². The Labute approximate surface area is 65.2 Å². The number of hydrogen-bond donors (Lipinski definition) is 0. The molecule has 0 aromatic carbocycles. The third-order valence-electron chi connectivity index (χ3n) is 1.18.